The fraction of sp³-hybridized carbons (Fsp3) is 0.400. The summed E-state index contributed by atoms with van der Waals surface area (Å²) in [6.07, 6.45) is -2.56. The summed E-state index contributed by atoms with van der Waals surface area (Å²) < 4.78 is 27.1. The van der Waals surface area contributed by atoms with Crippen molar-refractivity contribution in [2.24, 2.45) is 0 Å². The third-order valence-corrected chi connectivity index (χ3v) is 3.02. The number of hydrogen-bond acceptors (Lipinski definition) is 2. The molecule has 90 valence electrons. The van der Waals surface area contributed by atoms with Crippen molar-refractivity contribution in [3.8, 4) is 0 Å². The lowest BCUT2D eigenvalue weighted by molar-refractivity contribution is 0.0130. The largest absolute Gasteiger partial charge is 0.390 e. The third-order valence-electron chi connectivity index (χ3n) is 2.11. The monoisotopic (exact) mass is 358 g/mol. The number of aliphatic hydroxyl groups excluding tert-OH is 2. The molecule has 1 rings (SSSR count). The van der Waals surface area contributed by atoms with Gasteiger partial charge < -0.3 is 10.2 Å². The normalized spacial score (nSPS) is 14.9. The maximum Gasteiger partial charge on any atom is 0.133 e. The van der Waals surface area contributed by atoms with Gasteiger partial charge in [0.15, 0.2) is 0 Å². The number of rotatable bonds is 4. The molecule has 0 aliphatic carbocycles. The Morgan fingerprint density at radius 3 is 2.12 bits per heavy atom. The third kappa shape index (κ3) is 3.23. The van der Waals surface area contributed by atoms with Gasteiger partial charge in [0.2, 0.25) is 0 Å². The van der Waals surface area contributed by atoms with E-state index in [0.29, 0.717) is 5.33 Å². The van der Waals surface area contributed by atoms with Crippen molar-refractivity contribution >= 4 is 31.9 Å². The molecule has 0 saturated carbocycles. The van der Waals surface area contributed by atoms with Crippen LogP contribution in [0.5, 0.6) is 0 Å². The topological polar surface area (TPSA) is 40.5 Å². The predicted octanol–water partition coefficient (Wildman–Crippen LogP) is 2.91. The number of alkyl halides is 1. The molecule has 2 unspecified atom stereocenters. The first-order valence-electron chi connectivity index (χ1n) is 4.54. The molecular weight excluding hydrogens is 350 g/mol. The van der Waals surface area contributed by atoms with Crippen LogP contribution in [0.1, 0.15) is 18.1 Å². The summed E-state index contributed by atoms with van der Waals surface area (Å²) in [5.74, 6) is -1.76. The van der Waals surface area contributed by atoms with Crippen LogP contribution in [0.15, 0.2) is 16.6 Å². The van der Waals surface area contributed by atoms with E-state index in [1.807, 2.05) is 0 Å². The first kappa shape index (κ1) is 14.0. The minimum Gasteiger partial charge on any atom is -0.390 e. The Morgan fingerprint density at radius 2 is 1.69 bits per heavy atom. The lowest BCUT2D eigenvalue weighted by Gasteiger charge is -2.18. The van der Waals surface area contributed by atoms with Crippen LogP contribution >= 0.6 is 31.9 Å². The Labute approximate surface area is 109 Å². The molecule has 0 aromatic heterocycles. The molecular formula is C10H10Br2F2O2. The standard InChI is InChI=1S/C10H10Br2F2O2/c11-2-1-8(15)10(16)9-6(13)3-5(12)4-7(9)14/h3-4,8,10,15-16H,1-2H2. The quantitative estimate of drug-likeness (QED) is 0.811. The van der Waals surface area contributed by atoms with Crippen molar-refractivity contribution in [2.45, 2.75) is 18.6 Å². The second-order valence-corrected chi connectivity index (χ2v) is 4.98. The van der Waals surface area contributed by atoms with Gasteiger partial charge >= 0.3 is 0 Å². The number of halogens is 4. The zero-order chi connectivity index (χ0) is 12.3. The van der Waals surface area contributed by atoms with Gasteiger partial charge in [-0.05, 0) is 18.6 Å². The van der Waals surface area contributed by atoms with Gasteiger partial charge in [0.05, 0.1) is 11.7 Å². The van der Waals surface area contributed by atoms with E-state index >= 15 is 0 Å². The molecule has 0 bridgehead atoms. The molecule has 0 heterocycles. The smallest absolute Gasteiger partial charge is 0.133 e. The predicted molar refractivity (Wildman–Crippen MR) is 63.4 cm³/mol. The summed E-state index contributed by atoms with van der Waals surface area (Å²) in [6.45, 7) is 0. The van der Waals surface area contributed by atoms with Crippen molar-refractivity contribution in [2.75, 3.05) is 5.33 Å². The van der Waals surface area contributed by atoms with Crippen LogP contribution in [0.3, 0.4) is 0 Å². The van der Waals surface area contributed by atoms with E-state index in [-0.39, 0.29) is 10.9 Å². The van der Waals surface area contributed by atoms with Gasteiger partial charge in [0.25, 0.3) is 0 Å². The highest BCUT2D eigenvalue weighted by Gasteiger charge is 2.24. The zero-order valence-corrected chi connectivity index (χ0v) is 11.3. The Morgan fingerprint density at radius 1 is 1.19 bits per heavy atom. The molecule has 2 atom stereocenters. The zero-order valence-electron chi connectivity index (χ0n) is 8.13. The van der Waals surface area contributed by atoms with Gasteiger partial charge in [-0.25, -0.2) is 8.78 Å². The molecule has 0 fully saturated rings. The number of aliphatic hydroxyl groups is 2. The van der Waals surface area contributed by atoms with Crippen LogP contribution in [0.2, 0.25) is 0 Å². The van der Waals surface area contributed by atoms with Crippen molar-refractivity contribution in [3.63, 3.8) is 0 Å². The van der Waals surface area contributed by atoms with E-state index in [2.05, 4.69) is 31.9 Å². The lowest BCUT2D eigenvalue weighted by Crippen LogP contribution is -2.21. The Kier molecular flexibility index (Phi) is 5.30. The van der Waals surface area contributed by atoms with Crippen LogP contribution in [0.25, 0.3) is 0 Å². The van der Waals surface area contributed by atoms with E-state index in [0.717, 1.165) is 12.1 Å². The molecule has 2 N–H and O–H groups in total. The van der Waals surface area contributed by atoms with Crippen LogP contribution in [0, 0.1) is 11.6 Å². The Hall–Kier alpha value is -0.0400. The van der Waals surface area contributed by atoms with Crippen molar-refractivity contribution in [1.82, 2.24) is 0 Å². The van der Waals surface area contributed by atoms with Gasteiger partial charge in [-0.15, -0.1) is 0 Å². The van der Waals surface area contributed by atoms with Crippen LogP contribution in [-0.2, 0) is 0 Å². The fourth-order valence-corrected chi connectivity index (χ4v) is 2.17. The first-order valence-corrected chi connectivity index (χ1v) is 6.45. The summed E-state index contributed by atoms with van der Waals surface area (Å²) in [5, 5.41) is 19.5. The number of benzene rings is 1. The minimum absolute atomic E-state index is 0.204. The van der Waals surface area contributed by atoms with E-state index in [4.69, 9.17) is 0 Å². The maximum atomic E-state index is 13.4. The van der Waals surface area contributed by atoms with Crippen molar-refractivity contribution in [3.05, 3.63) is 33.8 Å². The second-order valence-electron chi connectivity index (χ2n) is 3.27. The summed E-state index contributed by atoms with van der Waals surface area (Å²) in [5.41, 5.74) is -0.503. The highest BCUT2D eigenvalue weighted by Crippen LogP contribution is 2.27. The summed E-state index contributed by atoms with van der Waals surface area (Å²) in [7, 11) is 0. The molecule has 1 aromatic rings. The fourth-order valence-electron chi connectivity index (χ4n) is 1.30. The SMILES string of the molecule is OC(CCBr)C(O)c1c(F)cc(Br)cc1F. The molecule has 0 amide bonds. The van der Waals surface area contributed by atoms with Gasteiger partial charge in [-0.3, -0.25) is 0 Å². The highest BCUT2D eigenvalue weighted by atomic mass is 79.9. The molecule has 0 radical (unpaired) electrons. The van der Waals surface area contributed by atoms with Crippen LogP contribution in [-0.4, -0.2) is 21.6 Å². The Balaban J connectivity index is 3.03. The molecule has 0 saturated heterocycles. The molecule has 6 heteroatoms. The highest BCUT2D eigenvalue weighted by molar-refractivity contribution is 9.10. The van der Waals surface area contributed by atoms with E-state index in [9.17, 15) is 19.0 Å². The average molecular weight is 360 g/mol. The van der Waals surface area contributed by atoms with Crippen molar-refractivity contribution in [1.29, 1.82) is 0 Å². The van der Waals surface area contributed by atoms with Crippen LogP contribution < -0.4 is 0 Å². The van der Waals surface area contributed by atoms with Gasteiger partial charge in [0.1, 0.15) is 17.7 Å². The molecule has 0 aliphatic heterocycles. The molecule has 16 heavy (non-hydrogen) atoms. The maximum absolute atomic E-state index is 13.4. The van der Waals surface area contributed by atoms with E-state index in [1.54, 1.807) is 0 Å². The lowest BCUT2D eigenvalue weighted by atomic mass is 10.0. The van der Waals surface area contributed by atoms with Gasteiger partial charge in [0, 0.05) is 9.80 Å². The Bertz CT molecular complexity index is 351. The molecule has 2 nitrogen and oxygen atoms in total. The van der Waals surface area contributed by atoms with Gasteiger partial charge in [-0.1, -0.05) is 31.9 Å². The summed E-state index contributed by atoms with van der Waals surface area (Å²) >= 11 is 6.01. The van der Waals surface area contributed by atoms with Crippen LogP contribution in [0.4, 0.5) is 8.78 Å². The average Bonchev–Trinajstić information content (AvgIpc) is 2.16. The summed E-state index contributed by atoms with van der Waals surface area (Å²) in [6, 6.07) is 2.09. The summed E-state index contributed by atoms with van der Waals surface area (Å²) in [4.78, 5) is 0. The van der Waals surface area contributed by atoms with Gasteiger partial charge in [-0.2, -0.15) is 0 Å². The minimum atomic E-state index is -1.56. The number of hydrogen-bond donors (Lipinski definition) is 2. The second kappa shape index (κ2) is 6.05. The molecule has 1 aromatic carbocycles. The molecule has 0 aliphatic rings. The van der Waals surface area contributed by atoms with E-state index < -0.39 is 29.4 Å². The van der Waals surface area contributed by atoms with E-state index in [1.165, 1.54) is 0 Å². The molecule has 0 spiro atoms. The first-order chi connectivity index (χ1) is 7.47. The van der Waals surface area contributed by atoms with Crippen molar-refractivity contribution < 1.29 is 19.0 Å².